The Morgan fingerprint density at radius 2 is 1.26 bits per heavy atom. The summed E-state index contributed by atoms with van der Waals surface area (Å²) in [6, 6.07) is 26.4. The van der Waals surface area contributed by atoms with Gasteiger partial charge in [0, 0.05) is 25.5 Å². The van der Waals surface area contributed by atoms with Gasteiger partial charge in [0.2, 0.25) is 0 Å². The van der Waals surface area contributed by atoms with E-state index in [4.69, 9.17) is 5.41 Å². The van der Waals surface area contributed by atoms with Crippen LogP contribution in [0.5, 0.6) is 0 Å². The third-order valence-electron chi connectivity index (χ3n) is 3.18. The molecule has 2 aromatic carbocycles. The summed E-state index contributed by atoms with van der Waals surface area (Å²) < 4.78 is 0. The van der Waals surface area contributed by atoms with Crippen LogP contribution in [-0.2, 0) is 13.1 Å². The van der Waals surface area contributed by atoms with Crippen molar-refractivity contribution < 1.29 is 0 Å². The van der Waals surface area contributed by atoms with E-state index >= 15 is 0 Å². The summed E-state index contributed by atoms with van der Waals surface area (Å²) in [5.74, 6) is 0. The number of nitrogens with one attached hydrogen (secondary N) is 2. The van der Waals surface area contributed by atoms with Gasteiger partial charge in [0.1, 0.15) is 0 Å². The van der Waals surface area contributed by atoms with E-state index in [9.17, 15) is 0 Å². The summed E-state index contributed by atoms with van der Waals surface area (Å²) in [5.41, 5.74) is 3.36. The van der Waals surface area contributed by atoms with E-state index in [0.29, 0.717) is 5.69 Å². The van der Waals surface area contributed by atoms with Crippen molar-refractivity contribution in [3.63, 3.8) is 0 Å². The second-order valence-corrected chi connectivity index (χ2v) is 4.97. The number of pyridine rings is 1. The largest absolute Gasteiger partial charge is 0.309 e. The van der Waals surface area contributed by atoms with Gasteiger partial charge in [0.05, 0.1) is 5.69 Å². The Bertz CT molecular complexity index is 628. The first kappa shape index (κ1) is 16.6. The lowest BCUT2D eigenvalue weighted by Gasteiger charge is -2.04. The lowest BCUT2D eigenvalue weighted by atomic mass is 10.2. The lowest BCUT2D eigenvalue weighted by molar-refractivity contribution is 0.693. The van der Waals surface area contributed by atoms with Crippen molar-refractivity contribution in [2.24, 2.45) is 0 Å². The number of benzene rings is 2. The Morgan fingerprint density at radius 1 is 0.739 bits per heavy atom. The molecule has 3 rings (SSSR count). The molecular weight excluding hydrogens is 282 g/mol. The fraction of sp³-hybridized carbons (Fsp3) is 0.100. The molecule has 0 atom stereocenters. The smallest absolute Gasteiger partial charge is 0.0805 e. The summed E-state index contributed by atoms with van der Waals surface area (Å²) in [7, 11) is 0. The van der Waals surface area contributed by atoms with Crippen LogP contribution in [0.1, 0.15) is 16.8 Å². The molecule has 3 aromatic rings. The zero-order chi connectivity index (χ0) is 16.2. The van der Waals surface area contributed by atoms with E-state index in [-0.39, 0.29) is 0 Å². The highest BCUT2D eigenvalue weighted by Crippen LogP contribution is 2.00. The van der Waals surface area contributed by atoms with Crippen LogP contribution in [0.4, 0.5) is 0 Å². The van der Waals surface area contributed by atoms with Gasteiger partial charge in [-0.1, -0.05) is 66.7 Å². The predicted molar refractivity (Wildman–Crippen MR) is 95.6 cm³/mol. The lowest BCUT2D eigenvalue weighted by Crippen LogP contribution is -2.12. The van der Waals surface area contributed by atoms with Crippen molar-refractivity contribution in [2.45, 2.75) is 13.1 Å². The first-order valence-electron chi connectivity index (χ1n) is 7.58. The van der Waals surface area contributed by atoms with Crippen molar-refractivity contribution in [3.05, 3.63) is 102 Å². The van der Waals surface area contributed by atoms with Crippen molar-refractivity contribution in [2.75, 3.05) is 0 Å². The highest BCUT2D eigenvalue weighted by atomic mass is 14.8. The normalized spacial score (nSPS) is 9.57. The molecular formula is C20H21N3. The van der Waals surface area contributed by atoms with E-state index in [2.05, 4.69) is 58.8 Å². The molecule has 2 N–H and O–H groups in total. The van der Waals surface area contributed by atoms with E-state index in [1.54, 1.807) is 12.3 Å². The molecule has 0 fully saturated rings. The third kappa shape index (κ3) is 6.68. The van der Waals surface area contributed by atoms with E-state index in [1.165, 1.54) is 17.3 Å². The maximum Gasteiger partial charge on any atom is 0.0805 e. The SMILES string of the molecule is N=Cc1ccccn1.c1ccc(CNCc2ccccc2)cc1. The van der Waals surface area contributed by atoms with Gasteiger partial charge in [-0.25, -0.2) is 0 Å². The predicted octanol–water partition coefficient (Wildman–Crippen LogP) is 4.06. The molecule has 0 aliphatic carbocycles. The second kappa shape index (κ2) is 10.0. The minimum absolute atomic E-state index is 0.701. The fourth-order valence-corrected chi connectivity index (χ4v) is 2.00. The monoisotopic (exact) mass is 303 g/mol. The molecule has 1 heterocycles. The van der Waals surface area contributed by atoms with Crippen molar-refractivity contribution in [1.82, 2.24) is 10.3 Å². The molecule has 0 amide bonds. The molecule has 0 aliphatic heterocycles. The number of aromatic nitrogens is 1. The van der Waals surface area contributed by atoms with Gasteiger partial charge in [-0.2, -0.15) is 0 Å². The zero-order valence-corrected chi connectivity index (χ0v) is 13.0. The molecule has 0 bridgehead atoms. The van der Waals surface area contributed by atoms with E-state index in [1.807, 2.05) is 24.3 Å². The quantitative estimate of drug-likeness (QED) is 0.698. The zero-order valence-electron chi connectivity index (χ0n) is 13.0. The summed E-state index contributed by atoms with van der Waals surface area (Å²) in [6.45, 7) is 1.85. The molecule has 0 saturated heterocycles. The Balaban J connectivity index is 0.000000203. The summed E-state index contributed by atoms with van der Waals surface area (Å²) in [4.78, 5) is 3.85. The van der Waals surface area contributed by atoms with Crippen LogP contribution in [0.15, 0.2) is 85.1 Å². The minimum atomic E-state index is 0.701. The Labute approximate surface area is 137 Å². The van der Waals surface area contributed by atoms with Crippen LogP contribution < -0.4 is 5.32 Å². The Kier molecular flexibility index (Phi) is 7.23. The van der Waals surface area contributed by atoms with Crippen LogP contribution in [-0.4, -0.2) is 11.2 Å². The van der Waals surface area contributed by atoms with Crippen molar-refractivity contribution >= 4 is 6.21 Å². The van der Waals surface area contributed by atoms with Crippen molar-refractivity contribution in [3.8, 4) is 0 Å². The minimum Gasteiger partial charge on any atom is -0.309 e. The first-order chi connectivity index (χ1) is 11.4. The van der Waals surface area contributed by atoms with Crippen LogP contribution in [0.25, 0.3) is 0 Å². The van der Waals surface area contributed by atoms with Gasteiger partial charge in [-0.3, -0.25) is 4.98 Å². The molecule has 0 unspecified atom stereocenters. The molecule has 23 heavy (non-hydrogen) atoms. The molecule has 0 saturated carbocycles. The number of nitrogens with zero attached hydrogens (tertiary/aromatic N) is 1. The molecule has 3 heteroatoms. The molecule has 1 aromatic heterocycles. The highest BCUT2D eigenvalue weighted by molar-refractivity contribution is 5.73. The van der Waals surface area contributed by atoms with Crippen LogP contribution in [0.3, 0.4) is 0 Å². The maximum atomic E-state index is 6.76. The van der Waals surface area contributed by atoms with Gasteiger partial charge < -0.3 is 10.7 Å². The van der Waals surface area contributed by atoms with Gasteiger partial charge in [-0.05, 0) is 23.3 Å². The number of hydrogen-bond donors (Lipinski definition) is 2. The maximum absolute atomic E-state index is 6.76. The standard InChI is InChI=1S/C14H15N.C6H6N2/c1-3-7-13(8-4-1)11-15-12-14-9-5-2-6-10-14;7-5-6-3-1-2-4-8-6/h1-10,15H,11-12H2;1-5,7H. The van der Waals surface area contributed by atoms with Crippen molar-refractivity contribution in [1.29, 1.82) is 5.41 Å². The Morgan fingerprint density at radius 3 is 1.65 bits per heavy atom. The summed E-state index contributed by atoms with van der Waals surface area (Å²) >= 11 is 0. The molecule has 0 radical (unpaired) electrons. The second-order valence-electron chi connectivity index (χ2n) is 4.97. The highest BCUT2D eigenvalue weighted by Gasteiger charge is 1.92. The average Bonchev–Trinajstić information content (AvgIpc) is 2.65. The van der Waals surface area contributed by atoms with Gasteiger partial charge >= 0.3 is 0 Å². The molecule has 0 spiro atoms. The third-order valence-corrected chi connectivity index (χ3v) is 3.18. The molecule has 3 nitrogen and oxygen atoms in total. The summed E-state index contributed by atoms with van der Waals surface area (Å²) in [5, 5.41) is 10.2. The molecule has 0 aliphatic rings. The first-order valence-corrected chi connectivity index (χ1v) is 7.58. The van der Waals surface area contributed by atoms with Gasteiger partial charge in [0.15, 0.2) is 0 Å². The molecule has 116 valence electrons. The van der Waals surface area contributed by atoms with Gasteiger partial charge in [0.25, 0.3) is 0 Å². The van der Waals surface area contributed by atoms with E-state index < -0.39 is 0 Å². The number of hydrogen-bond acceptors (Lipinski definition) is 3. The van der Waals surface area contributed by atoms with Crippen LogP contribution in [0, 0.1) is 5.41 Å². The van der Waals surface area contributed by atoms with E-state index in [0.717, 1.165) is 13.1 Å². The average molecular weight is 303 g/mol. The summed E-state index contributed by atoms with van der Waals surface area (Å²) in [6.07, 6.45) is 2.89. The topological polar surface area (TPSA) is 48.8 Å². The Hall–Kier alpha value is -2.78. The fourth-order valence-electron chi connectivity index (χ4n) is 2.00. The van der Waals surface area contributed by atoms with Crippen LogP contribution >= 0.6 is 0 Å². The van der Waals surface area contributed by atoms with Crippen LogP contribution in [0.2, 0.25) is 0 Å². The van der Waals surface area contributed by atoms with Gasteiger partial charge in [-0.15, -0.1) is 0 Å². The number of rotatable bonds is 5.